The fourth-order valence-corrected chi connectivity index (χ4v) is 5.65. The monoisotopic (exact) mass is 548 g/mol. The van der Waals surface area contributed by atoms with Crippen LogP contribution in [0, 0.1) is 24.3 Å². The van der Waals surface area contributed by atoms with Crippen molar-refractivity contribution in [3.8, 4) is 0 Å². The third kappa shape index (κ3) is 6.15. The van der Waals surface area contributed by atoms with Crippen molar-refractivity contribution in [1.29, 1.82) is 0 Å². The Morgan fingerprint density at radius 1 is 0.935 bits per heavy atom. The van der Waals surface area contributed by atoms with Crippen LogP contribution in [0.1, 0.15) is 22.3 Å². The van der Waals surface area contributed by atoms with E-state index in [0.717, 1.165) is 14.7 Å². The molecular weight excluding hydrogens is 523 g/mol. The molecule has 0 heterocycles. The molecule has 2 N–H and O–H groups in total. The summed E-state index contributed by atoms with van der Waals surface area (Å²) in [7, 11) is -3.91. The average molecular weight is 548 g/mol. The third-order valence-electron chi connectivity index (χ3n) is 4.88. The first-order chi connectivity index (χ1) is 14.7. The topological polar surface area (TPSA) is 75.3 Å². The zero-order valence-electron chi connectivity index (χ0n) is 17.6. The van der Waals surface area contributed by atoms with Gasteiger partial charge >= 0.3 is 0 Å². The van der Waals surface area contributed by atoms with E-state index in [1.165, 1.54) is 0 Å². The van der Waals surface area contributed by atoms with Gasteiger partial charge in [-0.3, -0.25) is 4.79 Å². The first-order valence-electron chi connectivity index (χ1n) is 9.86. The lowest BCUT2D eigenvalue weighted by molar-refractivity contribution is -0.117. The Morgan fingerprint density at radius 3 is 2.10 bits per heavy atom. The van der Waals surface area contributed by atoms with Gasteiger partial charge in [-0.2, -0.15) is 4.72 Å². The number of halogens is 1. The van der Waals surface area contributed by atoms with E-state index in [-0.39, 0.29) is 11.3 Å². The molecule has 3 rings (SSSR count). The number of carbonyl (C=O) groups excluding carboxylic acids is 1. The lowest BCUT2D eigenvalue weighted by Crippen LogP contribution is -2.45. The highest BCUT2D eigenvalue weighted by molar-refractivity contribution is 14.1. The highest BCUT2D eigenvalue weighted by atomic mass is 127. The van der Waals surface area contributed by atoms with Crippen molar-refractivity contribution in [3.05, 3.63) is 92.6 Å². The van der Waals surface area contributed by atoms with Gasteiger partial charge in [0.05, 0.1) is 4.90 Å². The first-order valence-corrected chi connectivity index (χ1v) is 12.4. The Hall–Kier alpha value is -2.23. The molecule has 1 amide bonds. The van der Waals surface area contributed by atoms with Gasteiger partial charge < -0.3 is 5.32 Å². The summed E-state index contributed by atoms with van der Waals surface area (Å²) in [6.45, 7) is 5.47. The molecule has 162 valence electrons. The number of amides is 1. The van der Waals surface area contributed by atoms with Gasteiger partial charge in [0.15, 0.2) is 0 Å². The number of benzene rings is 3. The van der Waals surface area contributed by atoms with Gasteiger partial charge in [0, 0.05) is 9.26 Å². The van der Waals surface area contributed by atoms with Crippen LogP contribution in [0.15, 0.2) is 71.6 Å². The van der Waals surface area contributed by atoms with Gasteiger partial charge in [-0.15, -0.1) is 0 Å². The normalized spacial score (nSPS) is 12.4. The molecule has 5 nitrogen and oxygen atoms in total. The maximum absolute atomic E-state index is 13.3. The molecule has 1 atom stereocenters. The predicted octanol–water partition coefficient (Wildman–Crippen LogP) is 4.74. The van der Waals surface area contributed by atoms with Crippen molar-refractivity contribution in [2.45, 2.75) is 38.1 Å². The third-order valence-corrected chi connectivity index (χ3v) is 7.38. The van der Waals surface area contributed by atoms with Crippen LogP contribution in [0.2, 0.25) is 0 Å². The molecule has 0 radical (unpaired) electrons. The molecular formula is C24H25IN2O3S. The van der Waals surface area contributed by atoms with Crippen LogP contribution in [-0.4, -0.2) is 20.4 Å². The molecule has 0 aromatic heterocycles. The molecule has 0 saturated heterocycles. The van der Waals surface area contributed by atoms with Crippen LogP contribution in [0.3, 0.4) is 0 Å². The molecule has 7 heteroatoms. The summed E-state index contributed by atoms with van der Waals surface area (Å²) < 4.78 is 30.3. The Balaban J connectivity index is 1.92. The van der Waals surface area contributed by atoms with E-state index in [0.29, 0.717) is 16.8 Å². The number of anilines is 1. The van der Waals surface area contributed by atoms with E-state index in [4.69, 9.17) is 0 Å². The fourth-order valence-electron chi connectivity index (χ4n) is 3.64. The molecule has 0 bridgehead atoms. The van der Waals surface area contributed by atoms with E-state index in [9.17, 15) is 13.2 Å². The molecule has 3 aromatic rings. The van der Waals surface area contributed by atoms with Crippen LogP contribution in [-0.2, 0) is 21.2 Å². The minimum atomic E-state index is -3.91. The van der Waals surface area contributed by atoms with Crippen molar-refractivity contribution in [3.63, 3.8) is 0 Å². The molecule has 3 aromatic carbocycles. The van der Waals surface area contributed by atoms with Crippen LogP contribution in [0.25, 0.3) is 0 Å². The lowest BCUT2D eigenvalue weighted by atomic mass is 10.1. The number of carbonyl (C=O) groups is 1. The Kier molecular flexibility index (Phi) is 7.51. The van der Waals surface area contributed by atoms with Crippen LogP contribution in [0.5, 0.6) is 0 Å². The first kappa shape index (κ1) is 23.4. The van der Waals surface area contributed by atoms with Gasteiger partial charge in [-0.1, -0.05) is 48.0 Å². The lowest BCUT2D eigenvalue weighted by Gasteiger charge is -2.20. The smallest absolute Gasteiger partial charge is 0.242 e. The second kappa shape index (κ2) is 9.93. The fraction of sp³-hybridized carbons (Fsp3) is 0.208. The molecule has 0 aliphatic rings. The average Bonchev–Trinajstić information content (AvgIpc) is 2.68. The second-order valence-electron chi connectivity index (χ2n) is 7.59. The molecule has 0 spiro atoms. The number of hydrogen-bond acceptors (Lipinski definition) is 3. The molecule has 0 aliphatic heterocycles. The van der Waals surface area contributed by atoms with Crippen LogP contribution < -0.4 is 10.0 Å². The summed E-state index contributed by atoms with van der Waals surface area (Å²) >= 11 is 2.19. The molecule has 0 fully saturated rings. The molecule has 1 unspecified atom stereocenters. The summed E-state index contributed by atoms with van der Waals surface area (Å²) in [6, 6.07) is 19.4. The number of sulfonamides is 1. The Morgan fingerprint density at radius 2 is 1.52 bits per heavy atom. The summed E-state index contributed by atoms with van der Waals surface area (Å²) in [5.41, 5.74) is 3.78. The minimum Gasteiger partial charge on any atom is -0.325 e. The van der Waals surface area contributed by atoms with E-state index in [2.05, 4.69) is 32.6 Å². The number of aryl methyl sites for hydroxylation is 3. The van der Waals surface area contributed by atoms with Gasteiger partial charge in [0.1, 0.15) is 6.04 Å². The van der Waals surface area contributed by atoms with Crippen LogP contribution >= 0.6 is 22.6 Å². The van der Waals surface area contributed by atoms with Gasteiger partial charge in [0.25, 0.3) is 0 Å². The molecule has 0 aliphatic carbocycles. The number of nitrogens with one attached hydrogen (secondary N) is 2. The van der Waals surface area contributed by atoms with Crippen molar-refractivity contribution in [2.75, 3.05) is 5.32 Å². The zero-order chi connectivity index (χ0) is 22.6. The molecule has 31 heavy (non-hydrogen) atoms. The van der Waals surface area contributed by atoms with Gasteiger partial charge in [-0.05, 0) is 90.7 Å². The Labute approximate surface area is 197 Å². The highest BCUT2D eigenvalue weighted by Gasteiger charge is 2.28. The zero-order valence-corrected chi connectivity index (χ0v) is 20.6. The van der Waals surface area contributed by atoms with E-state index >= 15 is 0 Å². The van der Waals surface area contributed by atoms with Crippen molar-refractivity contribution in [2.24, 2.45) is 0 Å². The largest absolute Gasteiger partial charge is 0.325 e. The standard InChI is InChI=1S/C24H25IN2O3S/c1-16-13-17(2)23(18(3)14-16)31(29,30)27-22(15-19-7-5-4-6-8-19)24(28)26-21-11-9-20(25)10-12-21/h4-14,22,27H,15H2,1-3H3,(H,26,28). The maximum atomic E-state index is 13.3. The van der Waals surface area contributed by atoms with E-state index < -0.39 is 22.0 Å². The highest BCUT2D eigenvalue weighted by Crippen LogP contribution is 2.22. The maximum Gasteiger partial charge on any atom is 0.242 e. The summed E-state index contributed by atoms with van der Waals surface area (Å²) in [5, 5.41) is 2.83. The van der Waals surface area contributed by atoms with Crippen molar-refractivity contribution < 1.29 is 13.2 Å². The summed E-state index contributed by atoms with van der Waals surface area (Å²) in [4.78, 5) is 13.3. The summed E-state index contributed by atoms with van der Waals surface area (Å²) in [5.74, 6) is -0.406. The quantitative estimate of drug-likeness (QED) is 0.419. The summed E-state index contributed by atoms with van der Waals surface area (Å²) in [6.07, 6.45) is 0.236. The Bertz CT molecular complexity index is 1150. The van der Waals surface area contributed by atoms with Crippen molar-refractivity contribution >= 4 is 44.2 Å². The minimum absolute atomic E-state index is 0.221. The number of hydrogen-bond donors (Lipinski definition) is 2. The van der Waals surface area contributed by atoms with E-state index in [1.54, 1.807) is 26.0 Å². The second-order valence-corrected chi connectivity index (χ2v) is 10.5. The van der Waals surface area contributed by atoms with E-state index in [1.807, 2.05) is 61.5 Å². The van der Waals surface area contributed by atoms with Crippen molar-refractivity contribution in [1.82, 2.24) is 4.72 Å². The SMILES string of the molecule is Cc1cc(C)c(S(=O)(=O)NC(Cc2ccccc2)C(=O)Nc2ccc(I)cc2)c(C)c1. The number of rotatable bonds is 7. The van der Waals surface area contributed by atoms with Gasteiger partial charge in [-0.25, -0.2) is 8.42 Å². The predicted molar refractivity (Wildman–Crippen MR) is 133 cm³/mol. The molecule has 0 saturated carbocycles. The van der Waals surface area contributed by atoms with Gasteiger partial charge in [0.2, 0.25) is 15.9 Å². The van der Waals surface area contributed by atoms with Crippen LogP contribution in [0.4, 0.5) is 5.69 Å².